The molecule has 0 radical (unpaired) electrons. The zero-order chi connectivity index (χ0) is 9.84. The second kappa shape index (κ2) is 4.72. The van der Waals surface area contributed by atoms with Gasteiger partial charge < -0.3 is 5.11 Å². The van der Waals surface area contributed by atoms with Crippen LogP contribution in [0.5, 0.6) is 0 Å². The van der Waals surface area contributed by atoms with E-state index in [0.717, 1.165) is 19.4 Å². The Hall–Kier alpha value is -0.410. The van der Waals surface area contributed by atoms with Crippen LogP contribution >= 0.6 is 0 Å². The van der Waals surface area contributed by atoms with Gasteiger partial charge in [-0.1, -0.05) is 13.8 Å². The molecule has 0 bridgehead atoms. The van der Waals surface area contributed by atoms with Crippen LogP contribution in [0, 0.1) is 5.92 Å². The Kier molecular flexibility index (Phi) is 3.88. The Morgan fingerprint density at radius 3 is 2.85 bits per heavy atom. The molecule has 1 atom stereocenters. The summed E-state index contributed by atoms with van der Waals surface area (Å²) in [5.74, 6) is 0.389. The second-order valence-electron chi connectivity index (χ2n) is 4.07. The van der Waals surface area contributed by atoms with Gasteiger partial charge in [-0.2, -0.15) is 0 Å². The Morgan fingerprint density at radius 1 is 1.62 bits per heavy atom. The maximum atomic E-state index is 11.4. The lowest BCUT2D eigenvalue weighted by Gasteiger charge is -2.22. The first kappa shape index (κ1) is 10.7. The predicted octanol–water partition coefficient (Wildman–Crippen LogP) is 0.668. The number of rotatable bonds is 4. The van der Waals surface area contributed by atoms with Crippen molar-refractivity contribution in [3.63, 3.8) is 0 Å². The van der Waals surface area contributed by atoms with E-state index in [9.17, 15) is 4.79 Å². The van der Waals surface area contributed by atoms with E-state index in [1.54, 1.807) is 0 Å². The highest BCUT2D eigenvalue weighted by Crippen LogP contribution is 2.16. The maximum Gasteiger partial charge on any atom is 0.149 e. The molecule has 0 aromatic rings. The summed E-state index contributed by atoms with van der Waals surface area (Å²) >= 11 is 0. The first-order valence-corrected chi connectivity index (χ1v) is 5.02. The van der Waals surface area contributed by atoms with E-state index in [-0.39, 0.29) is 24.3 Å². The van der Waals surface area contributed by atoms with Crippen LogP contribution in [0.2, 0.25) is 0 Å². The van der Waals surface area contributed by atoms with E-state index < -0.39 is 0 Å². The van der Waals surface area contributed by atoms with Crippen molar-refractivity contribution >= 4 is 5.78 Å². The normalized spacial score (nSPS) is 24.2. The van der Waals surface area contributed by atoms with Crippen molar-refractivity contribution in [2.75, 3.05) is 19.7 Å². The largest absolute Gasteiger partial charge is 0.395 e. The summed E-state index contributed by atoms with van der Waals surface area (Å²) < 4.78 is 0. The molecule has 0 aromatic carbocycles. The molecule has 1 N–H and O–H groups in total. The number of hydrogen-bond donors (Lipinski definition) is 1. The van der Waals surface area contributed by atoms with Crippen molar-refractivity contribution in [1.82, 2.24) is 4.90 Å². The number of aliphatic hydroxyl groups excluding tert-OH is 1. The van der Waals surface area contributed by atoms with Crippen LogP contribution in [0.25, 0.3) is 0 Å². The molecule has 0 spiro atoms. The zero-order valence-electron chi connectivity index (χ0n) is 8.49. The third-order valence-corrected chi connectivity index (χ3v) is 2.71. The minimum Gasteiger partial charge on any atom is -0.395 e. The molecule has 0 unspecified atom stereocenters. The molecule has 3 nitrogen and oxygen atoms in total. The number of Topliss-reactive ketones (excluding diaryl/α,β-unsaturated/α-hetero) is 1. The number of aliphatic hydroxyl groups is 1. The fourth-order valence-electron chi connectivity index (χ4n) is 1.69. The lowest BCUT2D eigenvalue weighted by Crippen LogP contribution is -2.37. The molecular weight excluding hydrogens is 166 g/mol. The molecular formula is C10H19NO2. The summed E-state index contributed by atoms with van der Waals surface area (Å²) in [5, 5.41) is 9.03. The van der Waals surface area contributed by atoms with E-state index in [4.69, 9.17) is 5.11 Å². The summed E-state index contributed by atoms with van der Waals surface area (Å²) in [7, 11) is 0. The van der Waals surface area contributed by atoms with Crippen LogP contribution in [-0.2, 0) is 4.79 Å². The summed E-state index contributed by atoms with van der Waals surface area (Å²) in [6.45, 7) is 5.51. The van der Waals surface area contributed by atoms with Crippen LogP contribution in [0.4, 0.5) is 0 Å². The molecule has 3 heteroatoms. The van der Waals surface area contributed by atoms with Crippen molar-refractivity contribution in [2.24, 2.45) is 5.92 Å². The van der Waals surface area contributed by atoms with Gasteiger partial charge in [-0.25, -0.2) is 0 Å². The summed E-state index contributed by atoms with van der Waals surface area (Å²) in [4.78, 5) is 13.5. The Morgan fingerprint density at radius 2 is 2.31 bits per heavy atom. The molecule has 1 fully saturated rings. The third kappa shape index (κ3) is 2.78. The number of nitrogens with zero attached hydrogens (tertiary/aromatic N) is 1. The molecule has 76 valence electrons. The Balaban J connectivity index is 2.39. The molecule has 1 heterocycles. The fraction of sp³-hybridized carbons (Fsp3) is 0.900. The highest BCUT2D eigenvalue weighted by Gasteiger charge is 2.25. The van der Waals surface area contributed by atoms with Gasteiger partial charge in [-0.05, 0) is 19.4 Å². The lowest BCUT2D eigenvalue weighted by molar-refractivity contribution is -0.123. The van der Waals surface area contributed by atoms with Gasteiger partial charge in [0.1, 0.15) is 5.78 Å². The first-order chi connectivity index (χ1) is 6.15. The number of ketones is 1. The van der Waals surface area contributed by atoms with Crippen molar-refractivity contribution in [1.29, 1.82) is 0 Å². The topological polar surface area (TPSA) is 40.5 Å². The van der Waals surface area contributed by atoms with E-state index in [1.807, 2.05) is 13.8 Å². The number of carbonyl (C=O) groups is 1. The standard InChI is InChI=1S/C10H19NO2/c1-8(2)10(13)6-11-5-3-4-9(11)7-12/h8-9,12H,3-7H2,1-2H3/t9-/m0/s1. The molecule has 0 aliphatic carbocycles. The molecule has 0 aromatic heterocycles. The summed E-state index contributed by atoms with van der Waals surface area (Å²) in [6.07, 6.45) is 2.14. The highest BCUT2D eigenvalue weighted by atomic mass is 16.3. The van der Waals surface area contributed by atoms with E-state index in [1.165, 1.54) is 0 Å². The molecule has 1 rings (SSSR count). The third-order valence-electron chi connectivity index (χ3n) is 2.71. The molecule has 1 aliphatic heterocycles. The van der Waals surface area contributed by atoms with Gasteiger partial charge in [0.25, 0.3) is 0 Å². The monoisotopic (exact) mass is 185 g/mol. The molecule has 1 aliphatic rings. The average molecular weight is 185 g/mol. The first-order valence-electron chi connectivity index (χ1n) is 5.02. The molecule has 0 amide bonds. The van der Waals surface area contributed by atoms with Gasteiger partial charge in [-0.15, -0.1) is 0 Å². The van der Waals surface area contributed by atoms with Gasteiger partial charge in [-0.3, -0.25) is 9.69 Å². The van der Waals surface area contributed by atoms with E-state index in [2.05, 4.69) is 4.90 Å². The number of likely N-dealkylation sites (tertiary alicyclic amines) is 1. The van der Waals surface area contributed by atoms with Crippen LogP contribution in [0.3, 0.4) is 0 Å². The number of hydrogen-bond acceptors (Lipinski definition) is 3. The van der Waals surface area contributed by atoms with Crippen molar-refractivity contribution < 1.29 is 9.90 Å². The fourth-order valence-corrected chi connectivity index (χ4v) is 1.69. The van der Waals surface area contributed by atoms with Crippen LogP contribution < -0.4 is 0 Å². The van der Waals surface area contributed by atoms with Gasteiger partial charge in [0.15, 0.2) is 0 Å². The van der Waals surface area contributed by atoms with Crippen molar-refractivity contribution in [3.05, 3.63) is 0 Å². The summed E-state index contributed by atoms with van der Waals surface area (Å²) in [6, 6.07) is 0.225. The van der Waals surface area contributed by atoms with Gasteiger partial charge in [0, 0.05) is 12.0 Å². The second-order valence-corrected chi connectivity index (χ2v) is 4.07. The minimum atomic E-state index is 0.111. The zero-order valence-corrected chi connectivity index (χ0v) is 8.49. The smallest absolute Gasteiger partial charge is 0.149 e. The van der Waals surface area contributed by atoms with Gasteiger partial charge in [0.2, 0.25) is 0 Å². The summed E-state index contributed by atoms with van der Waals surface area (Å²) in [5.41, 5.74) is 0. The molecule has 13 heavy (non-hydrogen) atoms. The van der Waals surface area contributed by atoms with Crippen LogP contribution in [-0.4, -0.2) is 41.5 Å². The van der Waals surface area contributed by atoms with Crippen LogP contribution in [0.15, 0.2) is 0 Å². The highest BCUT2D eigenvalue weighted by molar-refractivity contribution is 5.82. The number of carbonyl (C=O) groups excluding carboxylic acids is 1. The quantitative estimate of drug-likeness (QED) is 0.699. The SMILES string of the molecule is CC(C)C(=O)CN1CCC[C@H]1CO. The van der Waals surface area contributed by atoms with Crippen molar-refractivity contribution in [3.8, 4) is 0 Å². The lowest BCUT2D eigenvalue weighted by atomic mass is 10.1. The van der Waals surface area contributed by atoms with Crippen LogP contribution in [0.1, 0.15) is 26.7 Å². The molecule has 1 saturated heterocycles. The van der Waals surface area contributed by atoms with E-state index >= 15 is 0 Å². The Bertz CT molecular complexity index is 180. The average Bonchev–Trinajstić information content (AvgIpc) is 2.51. The minimum absolute atomic E-state index is 0.111. The maximum absolute atomic E-state index is 11.4. The predicted molar refractivity (Wildman–Crippen MR) is 51.5 cm³/mol. The molecule has 0 saturated carbocycles. The van der Waals surface area contributed by atoms with Crippen molar-refractivity contribution in [2.45, 2.75) is 32.7 Å². The van der Waals surface area contributed by atoms with E-state index in [0.29, 0.717) is 6.54 Å². The Labute approximate surface area is 79.7 Å². The van der Waals surface area contributed by atoms with Gasteiger partial charge in [0.05, 0.1) is 13.2 Å². The van der Waals surface area contributed by atoms with Gasteiger partial charge >= 0.3 is 0 Å².